The Morgan fingerprint density at radius 2 is 2.04 bits per heavy atom. The molecule has 27 heavy (non-hydrogen) atoms. The number of aliphatic hydroxyl groups excluding tert-OH is 1. The second-order valence-corrected chi connectivity index (χ2v) is 7.45. The van der Waals surface area contributed by atoms with Crippen LogP contribution in [0.25, 0.3) is 11.3 Å². The van der Waals surface area contributed by atoms with Crippen LogP contribution in [0.5, 0.6) is 0 Å². The zero-order valence-corrected chi connectivity index (χ0v) is 16.3. The van der Waals surface area contributed by atoms with Crippen LogP contribution in [0.1, 0.15) is 31.7 Å². The molecule has 1 atom stereocenters. The number of nitrogens with zero attached hydrogens (tertiary/aromatic N) is 5. The number of hydrogen-bond acceptors (Lipinski definition) is 7. The first kappa shape index (κ1) is 20.0. The Morgan fingerprint density at radius 3 is 2.67 bits per heavy atom. The molecule has 1 unspecified atom stereocenters. The van der Waals surface area contributed by atoms with E-state index in [2.05, 4.69) is 27.0 Å². The number of anilines is 1. The first-order valence-corrected chi connectivity index (χ1v) is 9.67. The van der Waals surface area contributed by atoms with Crippen molar-refractivity contribution in [3.8, 4) is 11.3 Å². The average molecular weight is 395 g/mol. The summed E-state index contributed by atoms with van der Waals surface area (Å²) in [5.74, 6) is 0.219. The second kappa shape index (κ2) is 9.45. The van der Waals surface area contributed by atoms with Crippen LogP contribution in [-0.4, -0.2) is 69.2 Å². The number of aliphatic hydroxyl groups is 1. The molecule has 0 aliphatic carbocycles. The van der Waals surface area contributed by atoms with Gasteiger partial charge in [-0.05, 0) is 45.8 Å². The van der Waals surface area contributed by atoms with Crippen molar-refractivity contribution < 1.29 is 9.84 Å². The van der Waals surface area contributed by atoms with Gasteiger partial charge in [-0.1, -0.05) is 11.6 Å². The van der Waals surface area contributed by atoms with Crippen LogP contribution in [0.15, 0.2) is 18.6 Å². The van der Waals surface area contributed by atoms with Crippen molar-refractivity contribution in [2.75, 3.05) is 39.1 Å². The van der Waals surface area contributed by atoms with Crippen LogP contribution < -0.4 is 5.73 Å². The molecule has 4 rings (SSSR count). The van der Waals surface area contributed by atoms with E-state index in [1.807, 2.05) is 10.9 Å². The summed E-state index contributed by atoms with van der Waals surface area (Å²) in [6.45, 7) is 3.57. The number of halogens is 1. The summed E-state index contributed by atoms with van der Waals surface area (Å²) in [7, 11) is 2.15. The van der Waals surface area contributed by atoms with E-state index >= 15 is 0 Å². The number of hydrogen-bond donors (Lipinski definition) is 2. The largest absolute Gasteiger partial charge is 0.391 e. The molecule has 0 bridgehead atoms. The fraction of sp³-hybridized carbons (Fsp3) is 0.611. The van der Waals surface area contributed by atoms with Gasteiger partial charge in [-0.2, -0.15) is 5.10 Å². The molecule has 148 valence electrons. The highest BCUT2D eigenvalue weighted by atomic mass is 35.5. The minimum atomic E-state index is -0.186. The highest BCUT2D eigenvalue weighted by molar-refractivity contribution is 6.32. The summed E-state index contributed by atoms with van der Waals surface area (Å²) in [6, 6.07) is 0.443. The molecule has 9 heteroatoms. The predicted molar refractivity (Wildman–Crippen MR) is 105 cm³/mol. The van der Waals surface area contributed by atoms with Gasteiger partial charge >= 0.3 is 0 Å². The number of aromatic nitrogens is 4. The summed E-state index contributed by atoms with van der Waals surface area (Å²) < 4.78 is 6.94. The number of nitrogen functional groups attached to an aromatic ring is 1. The zero-order valence-electron chi connectivity index (χ0n) is 15.6. The van der Waals surface area contributed by atoms with E-state index in [4.69, 9.17) is 27.2 Å². The highest BCUT2D eigenvalue weighted by Gasteiger charge is 2.19. The second-order valence-electron chi connectivity index (χ2n) is 7.04. The molecule has 2 aromatic heterocycles. The number of rotatable bonds is 2. The van der Waals surface area contributed by atoms with Crippen LogP contribution in [0, 0.1) is 0 Å². The Hall–Kier alpha value is -1.74. The smallest absolute Gasteiger partial charge is 0.220 e. The maximum absolute atomic E-state index is 8.78. The number of ether oxygens (including phenoxy) is 1. The van der Waals surface area contributed by atoms with Crippen molar-refractivity contribution in [1.82, 2.24) is 24.6 Å². The van der Waals surface area contributed by atoms with Crippen molar-refractivity contribution in [2.24, 2.45) is 0 Å². The maximum Gasteiger partial charge on any atom is 0.220 e. The molecule has 4 heterocycles. The lowest BCUT2D eigenvalue weighted by atomic mass is 10.1. The number of piperidine rings is 1. The highest BCUT2D eigenvalue weighted by Crippen LogP contribution is 2.28. The number of nitrogens with two attached hydrogens (primary N) is 1. The van der Waals surface area contributed by atoms with Gasteiger partial charge in [0, 0.05) is 18.4 Å². The lowest BCUT2D eigenvalue weighted by Gasteiger charge is -2.28. The molecule has 0 amide bonds. The molecular weight excluding hydrogens is 368 g/mol. The Morgan fingerprint density at radius 1 is 1.26 bits per heavy atom. The molecule has 2 aromatic rings. The van der Waals surface area contributed by atoms with E-state index in [1.54, 1.807) is 6.20 Å². The van der Waals surface area contributed by atoms with E-state index < -0.39 is 0 Å². The Balaban J connectivity index is 0.000000253. The van der Waals surface area contributed by atoms with Crippen LogP contribution in [-0.2, 0) is 4.74 Å². The maximum atomic E-state index is 8.78. The van der Waals surface area contributed by atoms with Gasteiger partial charge in [0.1, 0.15) is 0 Å². The molecule has 0 radical (unpaired) electrons. The Kier molecular flexibility index (Phi) is 7.01. The summed E-state index contributed by atoms with van der Waals surface area (Å²) in [6.07, 6.45) is 9.26. The minimum Gasteiger partial charge on any atom is -0.391 e. The van der Waals surface area contributed by atoms with Gasteiger partial charge in [-0.25, -0.2) is 9.97 Å². The summed E-state index contributed by atoms with van der Waals surface area (Å²) in [5.41, 5.74) is 7.13. The SMILES string of the molecule is CN1CCC(n2cc(-c3nc(N)ncc3Cl)cn2)CC1.OC1CCCOC1. The zero-order chi connectivity index (χ0) is 19.2. The van der Waals surface area contributed by atoms with Crippen molar-refractivity contribution in [2.45, 2.75) is 37.8 Å². The third-order valence-electron chi connectivity index (χ3n) is 4.84. The van der Waals surface area contributed by atoms with Gasteiger partial charge in [-0.3, -0.25) is 4.68 Å². The van der Waals surface area contributed by atoms with Gasteiger partial charge in [0.2, 0.25) is 5.95 Å². The first-order valence-electron chi connectivity index (χ1n) is 9.30. The lowest BCUT2D eigenvalue weighted by molar-refractivity contribution is -0.00535. The fourth-order valence-electron chi connectivity index (χ4n) is 3.23. The molecule has 0 saturated carbocycles. The molecular formula is C18H27ClN6O2. The van der Waals surface area contributed by atoms with Gasteiger partial charge in [-0.15, -0.1) is 0 Å². The molecule has 0 aromatic carbocycles. The third kappa shape index (κ3) is 5.62. The summed E-state index contributed by atoms with van der Waals surface area (Å²) in [5, 5.41) is 13.7. The standard InChI is InChI=1S/C13H17ClN6.C5H10O2/c1-19-4-2-10(3-5-19)20-8-9(6-17-20)12-11(14)7-16-13(15)18-12;6-5-2-1-3-7-4-5/h6-8,10H,2-5H2,1H3,(H2,15,16,18);5-6H,1-4H2. The van der Waals surface area contributed by atoms with E-state index in [0.29, 0.717) is 23.4 Å². The Bertz CT molecular complexity index is 726. The van der Waals surface area contributed by atoms with Crippen LogP contribution in [0.2, 0.25) is 5.02 Å². The molecule has 2 aliphatic rings. The molecule has 0 spiro atoms. The number of likely N-dealkylation sites (tertiary alicyclic amines) is 1. The summed E-state index contributed by atoms with van der Waals surface area (Å²) in [4.78, 5) is 10.4. The normalized spacial score (nSPS) is 21.5. The van der Waals surface area contributed by atoms with Crippen molar-refractivity contribution in [1.29, 1.82) is 0 Å². The van der Waals surface area contributed by atoms with Crippen molar-refractivity contribution in [3.63, 3.8) is 0 Å². The van der Waals surface area contributed by atoms with Gasteiger partial charge in [0.05, 0.1) is 41.9 Å². The Labute approximate surface area is 164 Å². The average Bonchev–Trinajstić information content (AvgIpc) is 3.15. The van der Waals surface area contributed by atoms with Crippen LogP contribution in [0.3, 0.4) is 0 Å². The predicted octanol–water partition coefficient (Wildman–Crippen LogP) is 2.00. The summed E-state index contributed by atoms with van der Waals surface area (Å²) >= 11 is 6.12. The van der Waals surface area contributed by atoms with Gasteiger partial charge in [0.15, 0.2) is 0 Å². The minimum absolute atomic E-state index is 0.186. The van der Waals surface area contributed by atoms with Crippen molar-refractivity contribution >= 4 is 17.5 Å². The molecule has 2 fully saturated rings. The van der Waals surface area contributed by atoms with E-state index in [9.17, 15) is 0 Å². The molecule has 2 aliphatic heterocycles. The fourth-order valence-corrected chi connectivity index (χ4v) is 3.43. The topological polar surface area (TPSA) is 102 Å². The van der Waals surface area contributed by atoms with E-state index in [0.717, 1.165) is 50.9 Å². The molecule has 2 saturated heterocycles. The quantitative estimate of drug-likeness (QED) is 0.802. The van der Waals surface area contributed by atoms with E-state index in [1.165, 1.54) is 6.20 Å². The van der Waals surface area contributed by atoms with E-state index in [-0.39, 0.29) is 12.1 Å². The molecule has 8 nitrogen and oxygen atoms in total. The van der Waals surface area contributed by atoms with Crippen molar-refractivity contribution in [3.05, 3.63) is 23.6 Å². The lowest BCUT2D eigenvalue weighted by Crippen LogP contribution is -2.31. The van der Waals surface area contributed by atoms with Gasteiger partial charge < -0.3 is 20.5 Å². The van der Waals surface area contributed by atoms with Gasteiger partial charge in [0.25, 0.3) is 0 Å². The monoisotopic (exact) mass is 394 g/mol. The van der Waals surface area contributed by atoms with Crippen LogP contribution in [0.4, 0.5) is 5.95 Å². The molecule has 3 N–H and O–H groups in total. The van der Waals surface area contributed by atoms with Crippen LogP contribution >= 0.6 is 11.6 Å². The third-order valence-corrected chi connectivity index (χ3v) is 5.11. The first-order chi connectivity index (χ1) is 13.0.